The number of rotatable bonds is 8. The second kappa shape index (κ2) is 14.9. The average molecular weight is 309 g/mol. The van der Waals surface area contributed by atoms with E-state index >= 15 is 0 Å². The van der Waals surface area contributed by atoms with Crippen molar-refractivity contribution >= 4 is 18.1 Å². The van der Waals surface area contributed by atoms with Crippen molar-refractivity contribution in [1.82, 2.24) is 0 Å². The molecule has 0 aromatic rings. The predicted molar refractivity (Wildman–Crippen MR) is 79.5 cm³/mol. The van der Waals surface area contributed by atoms with Crippen LogP contribution in [0.4, 0.5) is 4.79 Å². The molecule has 20 heavy (non-hydrogen) atoms. The van der Waals surface area contributed by atoms with Gasteiger partial charge in [0.1, 0.15) is 0 Å². The summed E-state index contributed by atoms with van der Waals surface area (Å²) in [6, 6.07) is 0. The van der Waals surface area contributed by atoms with Crippen molar-refractivity contribution in [3.8, 4) is 0 Å². The maximum atomic E-state index is 9.60. The number of amides is 1. The van der Waals surface area contributed by atoms with Gasteiger partial charge in [-0.3, -0.25) is 0 Å². The van der Waals surface area contributed by atoms with E-state index in [9.17, 15) is 4.79 Å². The second-order valence-electron chi connectivity index (χ2n) is 4.11. The fourth-order valence-electron chi connectivity index (χ4n) is 1.55. The van der Waals surface area contributed by atoms with Crippen LogP contribution in [-0.2, 0) is 18.4 Å². The molecule has 0 bridgehead atoms. The van der Waals surface area contributed by atoms with Crippen LogP contribution in [0.3, 0.4) is 0 Å². The van der Waals surface area contributed by atoms with Crippen molar-refractivity contribution < 1.29 is 23.2 Å². The van der Waals surface area contributed by atoms with E-state index in [-0.39, 0.29) is 6.29 Å². The highest BCUT2D eigenvalue weighted by molar-refractivity contribution is 7.94. The van der Waals surface area contributed by atoms with E-state index in [4.69, 9.17) is 13.7 Å². The van der Waals surface area contributed by atoms with Gasteiger partial charge in [0.2, 0.25) is 0 Å². The Bertz CT molecular complexity index is 225. The quantitative estimate of drug-likeness (QED) is 0.548. The Morgan fingerprint density at radius 1 is 1.40 bits per heavy atom. The Kier molecular flexibility index (Phi) is 14.5. The van der Waals surface area contributed by atoms with Crippen LogP contribution >= 0.6 is 12.0 Å². The number of ether oxygens (including phenoxy) is 3. The Labute approximate surface area is 125 Å². The molecular weight excluding hydrogens is 282 g/mol. The third-order valence-electron chi connectivity index (χ3n) is 2.47. The minimum absolute atomic E-state index is 0.0684. The fourth-order valence-corrected chi connectivity index (χ4v) is 2.03. The molecule has 1 atom stereocenters. The van der Waals surface area contributed by atoms with Crippen LogP contribution in [0.1, 0.15) is 39.0 Å². The number of primary amides is 1. The lowest BCUT2D eigenvalue weighted by Gasteiger charge is -2.22. The molecule has 6 nitrogen and oxygen atoms in total. The lowest BCUT2D eigenvalue weighted by atomic mass is 10.2. The minimum Gasteiger partial charge on any atom is -0.450 e. The molecule has 0 saturated carbocycles. The third-order valence-corrected chi connectivity index (χ3v) is 3.16. The van der Waals surface area contributed by atoms with Crippen LogP contribution in [0.25, 0.3) is 0 Å². The van der Waals surface area contributed by atoms with Gasteiger partial charge < -0.3 is 24.1 Å². The maximum Gasteiger partial charge on any atom is 0.404 e. The standard InChI is InChI=1S/C10H20O3S.C3H7NO2/c1-11-14-9-5-4-8-13-10-6-2-3-7-12-10;1-2-6-3(4)5/h10H,2-9H2,1H3;2H2,1H3,(H2,4,5). The molecule has 7 heteroatoms. The second-order valence-corrected chi connectivity index (χ2v) is 5.09. The van der Waals surface area contributed by atoms with E-state index in [0.29, 0.717) is 6.61 Å². The van der Waals surface area contributed by atoms with Crippen LogP contribution in [-0.4, -0.2) is 45.1 Å². The van der Waals surface area contributed by atoms with Gasteiger partial charge in [-0.05, 0) is 51.1 Å². The third kappa shape index (κ3) is 13.9. The molecule has 1 unspecified atom stereocenters. The van der Waals surface area contributed by atoms with Gasteiger partial charge in [0.05, 0.1) is 13.7 Å². The number of nitrogens with two attached hydrogens (primary N) is 1. The molecular formula is C13H27NO5S. The molecule has 0 spiro atoms. The summed E-state index contributed by atoms with van der Waals surface area (Å²) in [5.41, 5.74) is 4.54. The first-order valence-corrected chi connectivity index (χ1v) is 7.92. The summed E-state index contributed by atoms with van der Waals surface area (Å²) >= 11 is 1.51. The van der Waals surface area contributed by atoms with Crippen LogP contribution in [0, 0.1) is 0 Å². The SMILES string of the molecule is CCOC(N)=O.COSCCCCOC1CCCCO1. The van der Waals surface area contributed by atoms with Crippen molar-refractivity contribution in [1.29, 1.82) is 0 Å². The molecule has 0 aliphatic carbocycles. The molecule has 0 aromatic heterocycles. The lowest BCUT2D eigenvalue weighted by Crippen LogP contribution is -2.22. The molecule has 2 N–H and O–H groups in total. The molecule has 120 valence electrons. The maximum absolute atomic E-state index is 9.60. The van der Waals surface area contributed by atoms with Gasteiger partial charge in [0.25, 0.3) is 0 Å². The zero-order chi connectivity index (χ0) is 15.1. The van der Waals surface area contributed by atoms with E-state index in [2.05, 4.69) is 10.5 Å². The van der Waals surface area contributed by atoms with Gasteiger partial charge in [-0.2, -0.15) is 0 Å². The van der Waals surface area contributed by atoms with E-state index in [1.54, 1.807) is 14.0 Å². The van der Waals surface area contributed by atoms with Gasteiger partial charge in [-0.1, -0.05) is 0 Å². The Balaban J connectivity index is 0.000000511. The number of hydrogen-bond donors (Lipinski definition) is 1. The largest absolute Gasteiger partial charge is 0.450 e. The molecule has 0 radical (unpaired) electrons. The van der Waals surface area contributed by atoms with Crippen LogP contribution < -0.4 is 5.73 Å². The molecule has 1 aliphatic rings. The molecule has 1 amide bonds. The summed E-state index contributed by atoms with van der Waals surface area (Å²) in [6.45, 7) is 3.74. The van der Waals surface area contributed by atoms with E-state index in [1.807, 2.05) is 0 Å². The van der Waals surface area contributed by atoms with Crippen LogP contribution in [0.15, 0.2) is 0 Å². The van der Waals surface area contributed by atoms with Crippen molar-refractivity contribution in [2.45, 2.75) is 45.3 Å². The average Bonchev–Trinajstić information content (AvgIpc) is 2.44. The minimum atomic E-state index is -0.711. The first-order chi connectivity index (χ1) is 9.70. The normalized spacial score (nSPS) is 18.0. The fraction of sp³-hybridized carbons (Fsp3) is 0.923. The van der Waals surface area contributed by atoms with Crippen LogP contribution in [0.5, 0.6) is 0 Å². The summed E-state index contributed by atoms with van der Waals surface area (Å²) in [7, 11) is 1.71. The summed E-state index contributed by atoms with van der Waals surface area (Å²) in [5, 5.41) is 0. The highest BCUT2D eigenvalue weighted by atomic mass is 32.2. The topological polar surface area (TPSA) is 80.0 Å². The molecule has 1 rings (SSSR count). The predicted octanol–water partition coefficient (Wildman–Crippen LogP) is 2.71. The highest BCUT2D eigenvalue weighted by Gasteiger charge is 2.13. The number of unbranched alkanes of at least 4 members (excludes halogenated alkanes) is 1. The van der Waals surface area contributed by atoms with Crippen LogP contribution in [0.2, 0.25) is 0 Å². The van der Waals surface area contributed by atoms with Gasteiger partial charge in [-0.25, -0.2) is 4.79 Å². The first kappa shape index (κ1) is 19.5. The Morgan fingerprint density at radius 2 is 2.20 bits per heavy atom. The lowest BCUT2D eigenvalue weighted by molar-refractivity contribution is -0.162. The number of hydrogen-bond acceptors (Lipinski definition) is 6. The van der Waals surface area contributed by atoms with Gasteiger partial charge in [0.15, 0.2) is 6.29 Å². The highest BCUT2D eigenvalue weighted by Crippen LogP contribution is 2.14. The summed E-state index contributed by atoms with van der Waals surface area (Å²) < 4.78 is 20.1. The van der Waals surface area contributed by atoms with Crippen molar-refractivity contribution in [2.24, 2.45) is 5.73 Å². The monoisotopic (exact) mass is 309 g/mol. The van der Waals surface area contributed by atoms with E-state index in [0.717, 1.165) is 38.2 Å². The Hall–Kier alpha value is -0.500. The summed E-state index contributed by atoms with van der Waals surface area (Å²) in [6.07, 6.45) is 5.08. The summed E-state index contributed by atoms with van der Waals surface area (Å²) in [4.78, 5) is 9.60. The summed E-state index contributed by atoms with van der Waals surface area (Å²) in [5.74, 6) is 1.05. The first-order valence-electron chi connectivity index (χ1n) is 7.01. The smallest absolute Gasteiger partial charge is 0.404 e. The van der Waals surface area contributed by atoms with Gasteiger partial charge >= 0.3 is 6.09 Å². The Morgan fingerprint density at radius 3 is 2.70 bits per heavy atom. The van der Waals surface area contributed by atoms with Gasteiger partial charge in [-0.15, -0.1) is 0 Å². The zero-order valence-electron chi connectivity index (χ0n) is 12.5. The zero-order valence-corrected chi connectivity index (χ0v) is 13.3. The van der Waals surface area contributed by atoms with Gasteiger partial charge in [0, 0.05) is 19.0 Å². The number of carbonyl (C=O) groups is 1. The molecule has 1 heterocycles. The van der Waals surface area contributed by atoms with Crippen molar-refractivity contribution in [2.75, 3.05) is 32.7 Å². The molecule has 0 aromatic carbocycles. The van der Waals surface area contributed by atoms with Crippen molar-refractivity contribution in [3.63, 3.8) is 0 Å². The van der Waals surface area contributed by atoms with E-state index < -0.39 is 6.09 Å². The molecule has 1 fully saturated rings. The molecule has 1 aliphatic heterocycles. The molecule has 1 saturated heterocycles. The van der Waals surface area contributed by atoms with E-state index in [1.165, 1.54) is 24.9 Å². The van der Waals surface area contributed by atoms with Crippen molar-refractivity contribution in [3.05, 3.63) is 0 Å². The number of carbonyl (C=O) groups excluding carboxylic acids is 1.